The van der Waals surface area contributed by atoms with E-state index in [1.165, 1.54) is 10.9 Å². The molecular formula is C19H15N5O3. The summed E-state index contributed by atoms with van der Waals surface area (Å²) < 4.78 is 1.38. The molecule has 2 aromatic carbocycles. The number of hydrogen-bond donors (Lipinski definition) is 2. The number of aromatic nitrogens is 4. The average Bonchev–Trinajstić information content (AvgIpc) is 2.67. The zero-order valence-electron chi connectivity index (χ0n) is 14.4. The lowest BCUT2D eigenvalue weighted by Gasteiger charge is -2.08. The summed E-state index contributed by atoms with van der Waals surface area (Å²) in [5.41, 5.74) is 1.04. The molecule has 0 unspecified atom stereocenters. The topological polar surface area (TPSA) is 110 Å². The third kappa shape index (κ3) is 3.08. The third-order valence-corrected chi connectivity index (χ3v) is 4.30. The number of nitrogens with one attached hydrogen (secondary N) is 2. The summed E-state index contributed by atoms with van der Waals surface area (Å²) in [7, 11) is 1.62. The number of fused-ring (bicyclic) bond motifs is 2. The van der Waals surface area contributed by atoms with Gasteiger partial charge in [0.1, 0.15) is 0 Å². The van der Waals surface area contributed by atoms with Gasteiger partial charge in [0.2, 0.25) is 5.91 Å². The molecular weight excluding hydrogens is 346 g/mol. The molecule has 0 aliphatic carbocycles. The zero-order valence-corrected chi connectivity index (χ0v) is 14.4. The fourth-order valence-electron chi connectivity index (χ4n) is 2.95. The molecule has 2 N–H and O–H groups in total. The largest absolute Gasteiger partial charge is 0.326 e. The van der Waals surface area contributed by atoms with Crippen molar-refractivity contribution in [2.45, 2.75) is 6.42 Å². The molecule has 1 amide bonds. The SMILES string of the molecule is Cn1cnc2ccc(NC(=O)Cc3n[nH]c(=O)c4ccccc34)cc2c1=O. The van der Waals surface area contributed by atoms with E-state index in [1.807, 2.05) is 0 Å². The van der Waals surface area contributed by atoms with Crippen LogP contribution in [0.2, 0.25) is 0 Å². The summed E-state index contributed by atoms with van der Waals surface area (Å²) in [5, 5.41) is 10.7. The van der Waals surface area contributed by atoms with Gasteiger partial charge in [0.15, 0.2) is 0 Å². The van der Waals surface area contributed by atoms with Gasteiger partial charge >= 0.3 is 0 Å². The van der Waals surface area contributed by atoms with Crippen LogP contribution in [0.5, 0.6) is 0 Å². The van der Waals surface area contributed by atoms with Crippen LogP contribution >= 0.6 is 0 Å². The Hall–Kier alpha value is -3.81. The lowest BCUT2D eigenvalue weighted by Crippen LogP contribution is -2.19. The molecule has 0 radical (unpaired) electrons. The minimum atomic E-state index is -0.306. The van der Waals surface area contributed by atoms with Crippen LogP contribution in [0.3, 0.4) is 0 Å². The van der Waals surface area contributed by atoms with E-state index >= 15 is 0 Å². The molecule has 0 aliphatic rings. The van der Waals surface area contributed by atoms with Crippen molar-refractivity contribution in [2.75, 3.05) is 5.32 Å². The Bertz CT molecular complexity index is 1310. The van der Waals surface area contributed by atoms with Crippen molar-refractivity contribution in [1.29, 1.82) is 0 Å². The Labute approximate surface area is 152 Å². The number of amides is 1. The van der Waals surface area contributed by atoms with Crippen LogP contribution in [0.15, 0.2) is 58.4 Å². The Kier molecular flexibility index (Phi) is 4.00. The van der Waals surface area contributed by atoms with Gasteiger partial charge in [0.05, 0.1) is 34.7 Å². The van der Waals surface area contributed by atoms with Crippen molar-refractivity contribution in [3.05, 3.63) is 75.2 Å². The zero-order chi connectivity index (χ0) is 19.0. The highest BCUT2D eigenvalue weighted by atomic mass is 16.2. The number of aromatic amines is 1. The maximum absolute atomic E-state index is 12.5. The first-order chi connectivity index (χ1) is 13.0. The number of benzene rings is 2. The number of nitrogens with zero attached hydrogens (tertiary/aromatic N) is 3. The van der Waals surface area contributed by atoms with Crippen LogP contribution in [0.25, 0.3) is 21.7 Å². The van der Waals surface area contributed by atoms with Crippen LogP contribution < -0.4 is 16.4 Å². The molecule has 0 bridgehead atoms. The standard InChI is InChI=1S/C19H15N5O3/c1-24-10-20-15-7-6-11(8-14(15)19(24)27)21-17(25)9-16-12-4-2-3-5-13(12)18(26)23-22-16/h2-8,10H,9H2,1H3,(H,21,25)(H,23,26). The van der Waals surface area contributed by atoms with Crippen molar-refractivity contribution in [3.63, 3.8) is 0 Å². The normalized spacial score (nSPS) is 11.0. The van der Waals surface area contributed by atoms with Gasteiger partial charge in [-0.15, -0.1) is 0 Å². The van der Waals surface area contributed by atoms with E-state index in [0.717, 1.165) is 0 Å². The molecule has 0 spiro atoms. The Balaban J connectivity index is 1.63. The highest BCUT2D eigenvalue weighted by Gasteiger charge is 2.12. The monoisotopic (exact) mass is 361 g/mol. The Morgan fingerprint density at radius 3 is 2.70 bits per heavy atom. The van der Waals surface area contributed by atoms with Crippen molar-refractivity contribution in [2.24, 2.45) is 7.05 Å². The van der Waals surface area contributed by atoms with Gasteiger partial charge in [-0.1, -0.05) is 18.2 Å². The van der Waals surface area contributed by atoms with Crippen LogP contribution in [-0.4, -0.2) is 25.7 Å². The lowest BCUT2D eigenvalue weighted by molar-refractivity contribution is -0.115. The summed E-state index contributed by atoms with van der Waals surface area (Å²) in [6.07, 6.45) is 1.44. The first-order valence-corrected chi connectivity index (χ1v) is 8.24. The second-order valence-corrected chi connectivity index (χ2v) is 6.16. The van der Waals surface area contributed by atoms with E-state index < -0.39 is 0 Å². The maximum Gasteiger partial charge on any atom is 0.272 e. The van der Waals surface area contributed by atoms with Gasteiger partial charge in [-0.3, -0.25) is 14.4 Å². The summed E-state index contributed by atoms with van der Waals surface area (Å²) in [5.74, 6) is -0.306. The molecule has 0 saturated carbocycles. The van der Waals surface area contributed by atoms with Gasteiger partial charge < -0.3 is 9.88 Å². The molecule has 134 valence electrons. The van der Waals surface area contributed by atoms with Gasteiger partial charge in [0.25, 0.3) is 11.1 Å². The Morgan fingerprint density at radius 1 is 1.11 bits per heavy atom. The van der Waals surface area contributed by atoms with E-state index in [0.29, 0.717) is 33.1 Å². The summed E-state index contributed by atoms with van der Waals surface area (Å²) in [4.78, 5) is 40.7. The molecule has 2 heterocycles. The summed E-state index contributed by atoms with van der Waals surface area (Å²) in [6, 6.07) is 11.9. The minimum absolute atomic E-state index is 0.0135. The predicted molar refractivity (Wildman–Crippen MR) is 102 cm³/mol. The third-order valence-electron chi connectivity index (χ3n) is 4.30. The minimum Gasteiger partial charge on any atom is -0.326 e. The number of H-pyrrole nitrogens is 1. The van der Waals surface area contributed by atoms with Crippen molar-refractivity contribution in [1.82, 2.24) is 19.7 Å². The number of rotatable bonds is 3. The molecule has 2 aromatic heterocycles. The van der Waals surface area contributed by atoms with Gasteiger partial charge in [0, 0.05) is 18.1 Å². The number of aryl methyl sites for hydroxylation is 1. The van der Waals surface area contributed by atoms with Crippen LogP contribution in [0, 0.1) is 0 Å². The highest BCUT2D eigenvalue weighted by Crippen LogP contribution is 2.16. The number of hydrogen-bond acceptors (Lipinski definition) is 5. The molecule has 0 atom stereocenters. The van der Waals surface area contributed by atoms with Gasteiger partial charge in [-0.25, -0.2) is 10.1 Å². The predicted octanol–water partition coefficient (Wildman–Crippen LogP) is 1.35. The molecule has 4 aromatic rings. The lowest BCUT2D eigenvalue weighted by atomic mass is 10.1. The van der Waals surface area contributed by atoms with Gasteiger partial charge in [-0.2, -0.15) is 5.10 Å². The van der Waals surface area contributed by atoms with E-state index in [4.69, 9.17) is 0 Å². The average molecular weight is 361 g/mol. The molecule has 4 rings (SSSR count). The molecule has 8 heteroatoms. The summed E-state index contributed by atoms with van der Waals surface area (Å²) in [6.45, 7) is 0. The first-order valence-electron chi connectivity index (χ1n) is 8.24. The van der Waals surface area contributed by atoms with E-state index in [2.05, 4.69) is 20.5 Å². The number of carbonyl (C=O) groups is 1. The fourth-order valence-corrected chi connectivity index (χ4v) is 2.95. The van der Waals surface area contributed by atoms with E-state index in [-0.39, 0.29) is 23.4 Å². The van der Waals surface area contributed by atoms with E-state index in [1.54, 1.807) is 49.5 Å². The quantitative estimate of drug-likeness (QED) is 0.572. The van der Waals surface area contributed by atoms with Crippen LogP contribution in [0.4, 0.5) is 5.69 Å². The second kappa shape index (κ2) is 6.49. The van der Waals surface area contributed by atoms with Crippen molar-refractivity contribution >= 4 is 33.3 Å². The molecule has 0 aliphatic heterocycles. The highest BCUT2D eigenvalue weighted by molar-refractivity contribution is 5.96. The van der Waals surface area contributed by atoms with Crippen molar-refractivity contribution < 1.29 is 4.79 Å². The first kappa shape index (κ1) is 16.6. The molecule has 27 heavy (non-hydrogen) atoms. The summed E-state index contributed by atoms with van der Waals surface area (Å²) >= 11 is 0. The van der Waals surface area contributed by atoms with Crippen LogP contribution in [0.1, 0.15) is 5.69 Å². The maximum atomic E-state index is 12.5. The van der Waals surface area contributed by atoms with Crippen molar-refractivity contribution in [3.8, 4) is 0 Å². The number of carbonyl (C=O) groups excluding carboxylic acids is 1. The second-order valence-electron chi connectivity index (χ2n) is 6.16. The van der Waals surface area contributed by atoms with Crippen LogP contribution in [-0.2, 0) is 18.3 Å². The van der Waals surface area contributed by atoms with E-state index in [9.17, 15) is 14.4 Å². The molecule has 8 nitrogen and oxygen atoms in total. The molecule has 0 saturated heterocycles. The fraction of sp³-hybridized carbons (Fsp3) is 0.105. The molecule has 0 fully saturated rings. The smallest absolute Gasteiger partial charge is 0.272 e. The Morgan fingerprint density at radius 2 is 1.89 bits per heavy atom. The van der Waals surface area contributed by atoms with Gasteiger partial charge in [-0.05, 0) is 24.3 Å². The number of anilines is 1.